The second kappa shape index (κ2) is 5.01. The highest BCUT2D eigenvalue weighted by molar-refractivity contribution is 5.63. The molecule has 0 saturated heterocycles. The van der Waals surface area contributed by atoms with Gasteiger partial charge in [-0.1, -0.05) is 0 Å². The van der Waals surface area contributed by atoms with Gasteiger partial charge in [-0.05, 0) is 64.8 Å². The van der Waals surface area contributed by atoms with E-state index in [1.165, 1.54) is 0 Å². The van der Waals surface area contributed by atoms with Gasteiger partial charge in [0.2, 0.25) is 0 Å². The van der Waals surface area contributed by atoms with Crippen molar-refractivity contribution in [3.63, 3.8) is 0 Å². The maximum absolute atomic E-state index is 8.55. The summed E-state index contributed by atoms with van der Waals surface area (Å²) in [6.07, 6.45) is 3.37. The van der Waals surface area contributed by atoms with E-state index in [1.54, 1.807) is 12.4 Å². The lowest BCUT2D eigenvalue weighted by Gasteiger charge is -2.15. The Kier molecular flexibility index (Phi) is 3.02. The number of pyridine rings is 1. The molecule has 20 heavy (non-hydrogen) atoms. The monoisotopic (exact) mass is 272 g/mol. The summed E-state index contributed by atoms with van der Waals surface area (Å²) in [6.45, 7) is 12.1. The van der Waals surface area contributed by atoms with Gasteiger partial charge >= 0.3 is 11.5 Å². The minimum absolute atomic E-state index is 0.289. The molecule has 106 valence electrons. The van der Waals surface area contributed by atoms with Crippen molar-refractivity contribution < 1.29 is 7.16 Å². The van der Waals surface area contributed by atoms with Gasteiger partial charge in [0, 0.05) is 24.5 Å². The van der Waals surface area contributed by atoms with Crippen LogP contribution in [-0.4, -0.2) is 4.98 Å². The van der Waals surface area contributed by atoms with Crippen LogP contribution in [0, 0.1) is 0 Å². The quantitative estimate of drug-likeness (QED) is 0.665. The highest BCUT2D eigenvalue weighted by Gasteiger charge is 2.33. The van der Waals surface area contributed by atoms with Gasteiger partial charge in [-0.2, -0.15) is 0 Å². The fraction of sp³-hybridized carbons (Fsp3) is 0.444. The van der Waals surface area contributed by atoms with E-state index in [-0.39, 0.29) is 22.9 Å². The Balaban J connectivity index is 2.88. The summed E-state index contributed by atoms with van der Waals surface area (Å²) >= 11 is 0. The molecule has 0 radical (unpaired) electrons. The van der Waals surface area contributed by atoms with E-state index < -0.39 is 0 Å². The number of rotatable bonds is 1. The van der Waals surface area contributed by atoms with Crippen LogP contribution in [0.4, 0.5) is 0 Å². The highest BCUT2D eigenvalue weighted by atomic mass is 16.3. The van der Waals surface area contributed by atoms with Gasteiger partial charge in [-0.15, -0.1) is 0 Å². The van der Waals surface area contributed by atoms with E-state index in [1.807, 2.05) is 53.7 Å². The first kappa shape index (κ1) is 12.1. The molecule has 0 unspecified atom stereocenters. The lowest BCUT2D eigenvalue weighted by atomic mass is 9.88. The number of nitrogens with zero attached hydrogens (tertiary/aromatic N) is 1. The molecule has 0 atom stereocenters. The zero-order valence-electron chi connectivity index (χ0n) is 15.2. The zero-order chi connectivity index (χ0) is 16.7. The Morgan fingerprint density at radius 3 is 1.70 bits per heavy atom. The van der Waals surface area contributed by atoms with Crippen molar-refractivity contribution in [2.24, 2.45) is 0 Å². The zero-order valence-corrected chi connectivity index (χ0v) is 13.2. The summed E-state index contributed by atoms with van der Waals surface area (Å²) in [5.41, 5.74) is 0.847. The van der Waals surface area contributed by atoms with Crippen molar-refractivity contribution in [2.45, 2.75) is 52.4 Å². The maximum atomic E-state index is 8.55. The minimum Gasteiger partial charge on any atom is -0.265 e. The maximum Gasteiger partial charge on any atom is 0.335 e. The summed E-state index contributed by atoms with van der Waals surface area (Å²) in [7, 11) is 0. The number of aromatic nitrogens is 1. The SMILES string of the molecule is [2H]c1c(C(C)(C)C)[o+]c(C(C)(C)C)c([2H])c1-c1ccncc1. The third-order valence-corrected chi connectivity index (χ3v) is 3.01. The van der Waals surface area contributed by atoms with Crippen LogP contribution < -0.4 is 0 Å². The topological polar surface area (TPSA) is 24.2 Å². The van der Waals surface area contributed by atoms with Gasteiger partial charge < -0.3 is 0 Å². The summed E-state index contributed by atoms with van der Waals surface area (Å²) in [5.74, 6) is 1.22. The van der Waals surface area contributed by atoms with Gasteiger partial charge in [-0.3, -0.25) is 4.98 Å². The molecular weight excluding hydrogens is 246 g/mol. The molecular formula is C18H24NO+. The van der Waals surface area contributed by atoms with Gasteiger partial charge in [-0.25, -0.2) is 4.42 Å². The molecule has 2 nitrogen and oxygen atoms in total. The number of hydrogen-bond acceptors (Lipinski definition) is 1. The van der Waals surface area contributed by atoms with Crippen molar-refractivity contribution in [1.29, 1.82) is 0 Å². The largest absolute Gasteiger partial charge is 0.335 e. The first-order valence-corrected chi connectivity index (χ1v) is 6.92. The third-order valence-electron chi connectivity index (χ3n) is 3.01. The standard InChI is InChI=1S/C18H24NO/c1-17(2,3)15-11-14(13-7-9-19-10-8-13)12-16(20-15)18(4,5)6/h7-12H,1-6H3/q+1/i11D,12D. The van der Waals surface area contributed by atoms with Gasteiger partial charge in [0.1, 0.15) is 0 Å². The molecule has 0 spiro atoms. The molecule has 2 rings (SSSR count). The van der Waals surface area contributed by atoms with E-state index in [4.69, 9.17) is 7.16 Å². The Bertz CT molecular complexity index is 645. The fourth-order valence-electron chi connectivity index (χ4n) is 1.76. The Morgan fingerprint density at radius 1 is 0.850 bits per heavy atom. The second-order valence-electron chi connectivity index (χ2n) is 7.12. The van der Waals surface area contributed by atoms with Crippen LogP contribution in [0.3, 0.4) is 0 Å². The second-order valence-corrected chi connectivity index (χ2v) is 7.12. The molecule has 2 aromatic heterocycles. The van der Waals surface area contributed by atoms with Gasteiger partial charge in [0.05, 0.1) is 13.6 Å². The average molecular weight is 272 g/mol. The van der Waals surface area contributed by atoms with Crippen molar-refractivity contribution >= 4 is 0 Å². The van der Waals surface area contributed by atoms with Gasteiger partial charge in [0.25, 0.3) is 0 Å². The molecule has 0 saturated carbocycles. The van der Waals surface area contributed by atoms with Crippen LogP contribution in [0.5, 0.6) is 0 Å². The molecule has 2 aromatic rings. The average Bonchev–Trinajstić information content (AvgIpc) is 2.37. The first-order chi connectivity index (χ1) is 10.0. The predicted molar refractivity (Wildman–Crippen MR) is 83.7 cm³/mol. The van der Waals surface area contributed by atoms with Crippen LogP contribution >= 0.6 is 0 Å². The lowest BCUT2D eigenvalue weighted by Crippen LogP contribution is -2.16. The molecule has 2 heteroatoms. The molecule has 0 aliphatic carbocycles. The summed E-state index contributed by atoms with van der Waals surface area (Å²) < 4.78 is 23.1. The fourth-order valence-corrected chi connectivity index (χ4v) is 1.76. The Labute approximate surface area is 124 Å². The van der Waals surface area contributed by atoms with Crippen molar-refractivity contribution in [1.82, 2.24) is 4.98 Å². The molecule has 0 aliphatic rings. The predicted octanol–water partition coefficient (Wildman–Crippen LogP) is 5.22. The highest BCUT2D eigenvalue weighted by Crippen LogP contribution is 2.33. The van der Waals surface area contributed by atoms with E-state index >= 15 is 0 Å². The van der Waals surface area contributed by atoms with Crippen LogP contribution in [0.1, 0.15) is 55.8 Å². The van der Waals surface area contributed by atoms with Crippen molar-refractivity contribution in [2.75, 3.05) is 0 Å². The van der Waals surface area contributed by atoms with E-state index in [9.17, 15) is 0 Å². The van der Waals surface area contributed by atoms with E-state index in [2.05, 4.69) is 4.98 Å². The first-order valence-electron chi connectivity index (χ1n) is 7.92. The normalized spacial score (nSPS) is 13.9. The summed E-state index contributed by atoms with van der Waals surface area (Å²) in [5, 5.41) is 0. The smallest absolute Gasteiger partial charge is 0.265 e. The van der Waals surface area contributed by atoms with Crippen LogP contribution in [-0.2, 0) is 10.8 Å². The lowest BCUT2D eigenvalue weighted by molar-refractivity contribution is 0.329. The summed E-state index contributed by atoms with van der Waals surface area (Å²) in [4.78, 5) is 4.03. The van der Waals surface area contributed by atoms with Crippen molar-refractivity contribution in [3.8, 4) is 11.1 Å². The molecule has 2 heterocycles. The molecule has 0 fully saturated rings. The van der Waals surface area contributed by atoms with Crippen molar-refractivity contribution in [3.05, 3.63) is 48.1 Å². The van der Waals surface area contributed by atoms with Crippen LogP contribution in [0.15, 0.2) is 41.0 Å². The third kappa shape index (κ3) is 3.24. The van der Waals surface area contributed by atoms with E-state index in [0.29, 0.717) is 17.1 Å². The molecule has 0 amide bonds. The Hall–Kier alpha value is -1.70. The van der Waals surface area contributed by atoms with Crippen LogP contribution in [0.25, 0.3) is 11.1 Å². The minimum atomic E-state index is -0.299. The summed E-state index contributed by atoms with van der Waals surface area (Å²) in [6, 6.07) is 4.25. The number of hydrogen-bond donors (Lipinski definition) is 0. The molecule has 0 bridgehead atoms. The van der Waals surface area contributed by atoms with Crippen LogP contribution in [0.2, 0.25) is 0 Å². The van der Waals surface area contributed by atoms with E-state index in [0.717, 1.165) is 5.56 Å². The Morgan fingerprint density at radius 2 is 1.30 bits per heavy atom. The molecule has 0 N–H and O–H groups in total. The molecule has 0 aromatic carbocycles. The van der Waals surface area contributed by atoms with Gasteiger partial charge in [0.15, 0.2) is 0 Å². The molecule has 0 aliphatic heterocycles.